The van der Waals surface area contributed by atoms with E-state index in [1.54, 1.807) is 18.2 Å². The molecule has 0 atom stereocenters. The summed E-state index contributed by atoms with van der Waals surface area (Å²) < 4.78 is 26.1. The van der Waals surface area contributed by atoms with Crippen LogP contribution in [0.15, 0.2) is 41.8 Å². The molecule has 19 heavy (non-hydrogen) atoms. The molecule has 0 aliphatic heterocycles. The van der Waals surface area contributed by atoms with Gasteiger partial charge in [-0.2, -0.15) is 8.42 Å². The van der Waals surface area contributed by atoms with Gasteiger partial charge in [0.15, 0.2) is 5.03 Å². The minimum atomic E-state index is -3.73. The van der Waals surface area contributed by atoms with Crippen LogP contribution in [0.4, 0.5) is 5.69 Å². The standard InChI is InChI=1S/C11H11N3O4S/c15-11(16)5-8-2-1-3-9(4-8)14-19(17,18)10-6-12-7-13-10/h1-4,6-7,14H,5H2,(H,12,13)(H,15,16). The summed E-state index contributed by atoms with van der Waals surface area (Å²) in [6, 6.07) is 6.21. The highest BCUT2D eigenvalue weighted by Gasteiger charge is 2.15. The lowest BCUT2D eigenvalue weighted by molar-refractivity contribution is -0.136. The number of carbonyl (C=O) groups is 1. The number of rotatable bonds is 5. The fourth-order valence-corrected chi connectivity index (χ4v) is 2.47. The largest absolute Gasteiger partial charge is 0.481 e. The molecule has 1 heterocycles. The number of anilines is 1. The van der Waals surface area contributed by atoms with Gasteiger partial charge in [-0.05, 0) is 17.7 Å². The Hall–Kier alpha value is -2.35. The zero-order valence-electron chi connectivity index (χ0n) is 9.70. The summed E-state index contributed by atoms with van der Waals surface area (Å²) in [6.45, 7) is 0. The number of sulfonamides is 1. The maximum Gasteiger partial charge on any atom is 0.307 e. The van der Waals surface area contributed by atoms with E-state index in [2.05, 4.69) is 14.7 Å². The highest BCUT2D eigenvalue weighted by atomic mass is 32.2. The second-order valence-corrected chi connectivity index (χ2v) is 5.44. The van der Waals surface area contributed by atoms with Crippen molar-refractivity contribution >= 4 is 21.7 Å². The summed E-state index contributed by atoms with van der Waals surface area (Å²) in [5.74, 6) is -0.978. The van der Waals surface area contributed by atoms with Gasteiger partial charge in [0.05, 0.1) is 18.9 Å². The number of carboxylic acid groups (broad SMARTS) is 1. The van der Waals surface area contributed by atoms with Crippen LogP contribution in [-0.4, -0.2) is 29.5 Å². The van der Waals surface area contributed by atoms with Crippen LogP contribution in [0.1, 0.15) is 5.56 Å². The number of nitrogens with zero attached hydrogens (tertiary/aromatic N) is 1. The molecule has 1 aromatic carbocycles. The van der Waals surface area contributed by atoms with Crippen molar-refractivity contribution < 1.29 is 18.3 Å². The van der Waals surface area contributed by atoms with E-state index in [9.17, 15) is 13.2 Å². The fourth-order valence-electron chi connectivity index (χ4n) is 1.52. The van der Waals surface area contributed by atoms with Crippen molar-refractivity contribution in [3.63, 3.8) is 0 Å². The van der Waals surface area contributed by atoms with E-state index in [1.807, 2.05) is 0 Å². The van der Waals surface area contributed by atoms with Gasteiger partial charge in [-0.15, -0.1) is 0 Å². The number of H-pyrrole nitrogens is 1. The zero-order valence-corrected chi connectivity index (χ0v) is 10.5. The third-order valence-electron chi connectivity index (χ3n) is 2.30. The third-order valence-corrected chi connectivity index (χ3v) is 3.60. The Kier molecular flexibility index (Phi) is 3.52. The smallest absolute Gasteiger partial charge is 0.307 e. The second kappa shape index (κ2) is 5.11. The van der Waals surface area contributed by atoms with Crippen LogP contribution in [0.3, 0.4) is 0 Å². The van der Waals surface area contributed by atoms with Gasteiger partial charge in [0.1, 0.15) is 0 Å². The maximum atomic E-state index is 11.9. The summed E-state index contributed by atoms with van der Waals surface area (Å²) in [5.41, 5.74) is 0.811. The maximum absolute atomic E-state index is 11.9. The summed E-state index contributed by atoms with van der Waals surface area (Å²) in [5, 5.41) is 8.63. The van der Waals surface area contributed by atoms with Crippen molar-refractivity contribution in [2.75, 3.05) is 4.72 Å². The van der Waals surface area contributed by atoms with Crippen LogP contribution in [0.25, 0.3) is 0 Å². The highest BCUT2D eigenvalue weighted by Crippen LogP contribution is 2.15. The molecule has 2 rings (SSSR count). The second-order valence-electron chi connectivity index (χ2n) is 3.79. The van der Waals surface area contributed by atoms with Crippen molar-refractivity contribution in [2.24, 2.45) is 0 Å². The Bertz CT molecular complexity index is 680. The number of aromatic nitrogens is 2. The lowest BCUT2D eigenvalue weighted by Gasteiger charge is -2.07. The predicted molar refractivity (Wildman–Crippen MR) is 67.2 cm³/mol. The normalized spacial score (nSPS) is 11.2. The number of aliphatic carboxylic acids is 1. The molecule has 1 aromatic heterocycles. The van der Waals surface area contributed by atoms with Crippen LogP contribution in [0.5, 0.6) is 0 Å². The number of hydrogen-bond donors (Lipinski definition) is 3. The van der Waals surface area contributed by atoms with Crippen molar-refractivity contribution in [1.82, 2.24) is 9.97 Å². The molecule has 2 aromatic rings. The predicted octanol–water partition coefficient (Wildman–Crippen LogP) is 0.838. The van der Waals surface area contributed by atoms with Gasteiger partial charge < -0.3 is 10.1 Å². The minimum Gasteiger partial charge on any atom is -0.481 e. The first-order chi connectivity index (χ1) is 8.97. The fraction of sp³-hybridized carbons (Fsp3) is 0.0909. The van der Waals surface area contributed by atoms with E-state index in [1.165, 1.54) is 18.6 Å². The molecule has 0 spiro atoms. The van der Waals surface area contributed by atoms with Crippen molar-refractivity contribution in [2.45, 2.75) is 11.4 Å². The SMILES string of the molecule is O=C(O)Cc1cccc(NS(=O)(=O)c2cnc[nH]2)c1. The topological polar surface area (TPSA) is 112 Å². The van der Waals surface area contributed by atoms with E-state index >= 15 is 0 Å². The van der Waals surface area contributed by atoms with Crippen LogP contribution in [-0.2, 0) is 21.2 Å². The van der Waals surface area contributed by atoms with Crippen LogP contribution < -0.4 is 4.72 Å². The first-order valence-corrected chi connectivity index (χ1v) is 6.77. The van der Waals surface area contributed by atoms with Crippen molar-refractivity contribution in [1.29, 1.82) is 0 Å². The first kappa shape index (κ1) is 13.1. The van der Waals surface area contributed by atoms with Gasteiger partial charge in [-0.1, -0.05) is 12.1 Å². The summed E-state index contributed by atoms with van der Waals surface area (Å²) in [7, 11) is -3.73. The summed E-state index contributed by atoms with van der Waals surface area (Å²) >= 11 is 0. The molecule has 7 nitrogen and oxygen atoms in total. The molecule has 0 bridgehead atoms. The molecule has 0 aliphatic carbocycles. The van der Waals surface area contributed by atoms with E-state index < -0.39 is 16.0 Å². The third kappa shape index (κ3) is 3.32. The van der Waals surface area contributed by atoms with Gasteiger partial charge in [0.25, 0.3) is 10.0 Å². The molecule has 0 aliphatic rings. The summed E-state index contributed by atoms with van der Waals surface area (Å²) in [4.78, 5) is 16.7. The molecular formula is C11H11N3O4S. The van der Waals surface area contributed by atoms with Crippen molar-refractivity contribution in [3.05, 3.63) is 42.4 Å². The van der Waals surface area contributed by atoms with Gasteiger partial charge in [0.2, 0.25) is 0 Å². The van der Waals surface area contributed by atoms with Gasteiger partial charge in [0, 0.05) is 5.69 Å². The molecule has 0 amide bonds. The Morgan fingerprint density at radius 2 is 2.21 bits per heavy atom. The Morgan fingerprint density at radius 1 is 1.42 bits per heavy atom. The summed E-state index contributed by atoms with van der Waals surface area (Å²) in [6.07, 6.45) is 2.28. The van der Waals surface area contributed by atoms with E-state index in [0.717, 1.165) is 0 Å². The highest BCUT2D eigenvalue weighted by molar-refractivity contribution is 7.92. The van der Waals surface area contributed by atoms with Crippen LogP contribution >= 0.6 is 0 Å². The lowest BCUT2D eigenvalue weighted by Crippen LogP contribution is -2.13. The number of benzene rings is 1. The number of nitrogens with one attached hydrogen (secondary N) is 2. The number of hydrogen-bond acceptors (Lipinski definition) is 4. The molecule has 0 saturated carbocycles. The molecule has 0 fully saturated rings. The van der Waals surface area contributed by atoms with E-state index in [-0.39, 0.29) is 11.4 Å². The lowest BCUT2D eigenvalue weighted by atomic mass is 10.1. The van der Waals surface area contributed by atoms with Gasteiger partial charge in [-0.3, -0.25) is 9.52 Å². The van der Waals surface area contributed by atoms with E-state index in [0.29, 0.717) is 11.3 Å². The molecular weight excluding hydrogens is 270 g/mol. The molecule has 0 unspecified atom stereocenters. The van der Waals surface area contributed by atoms with Crippen molar-refractivity contribution in [3.8, 4) is 0 Å². The average molecular weight is 281 g/mol. The quantitative estimate of drug-likeness (QED) is 0.751. The zero-order chi connectivity index (χ0) is 13.9. The Balaban J connectivity index is 2.22. The van der Waals surface area contributed by atoms with Crippen LogP contribution in [0, 0.1) is 0 Å². The number of imidazole rings is 1. The molecule has 8 heteroatoms. The Labute approximate surface area is 109 Å². The number of carboxylic acids is 1. The molecule has 100 valence electrons. The number of aromatic amines is 1. The van der Waals surface area contributed by atoms with E-state index in [4.69, 9.17) is 5.11 Å². The van der Waals surface area contributed by atoms with Gasteiger partial charge >= 0.3 is 5.97 Å². The average Bonchev–Trinajstić information content (AvgIpc) is 2.81. The Morgan fingerprint density at radius 3 is 2.84 bits per heavy atom. The van der Waals surface area contributed by atoms with Crippen LogP contribution in [0.2, 0.25) is 0 Å². The molecule has 3 N–H and O–H groups in total. The minimum absolute atomic E-state index is 0.0591. The molecule has 0 saturated heterocycles. The van der Waals surface area contributed by atoms with Gasteiger partial charge in [-0.25, -0.2) is 4.98 Å². The molecule has 0 radical (unpaired) electrons. The monoisotopic (exact) mass is 281 g/mol. The first-order valence-electron chi connectivity index (χ1n) is 5.29.